The van der Waals surface area contributed by atoms with E-state index in [0.717, 1.165) is 0 Å². The van der Waals surface area contributed by atoms with Crippen molar-refractivity contribution >= 4 is 46.8 Å². The highest BCUT2D eigenvalue weighted by Crippen LogP contribution is 2.30. The summed E-state index contributed by atoms with van der Waals surface area (Å²) in [6, 6.07) is 11.8. The second kappa shape index (κ2) is 11.4. The van der Waals surface area contributed by atoms with Gasteiger partial charge in [-0.1, -0.05) is 35.0 Å². The molecule has 2 aromatic carbocycles. The molecule has 1 amide bonds. The molecule has 0 spiro atoms. The maximum absolute atomic E-state index is 12.6. The van der Waals surface area contributed by atoms with Gasteiger partial charge in [0.1, 0.15) is 11.0 Å². The van der Waals surface area contributed by atoms with E-state index in [4.69, 9.17) is 32.7 Å². The summed E-state index contributed by atoms with van der Waals surface area (Å²) in [5.74, 6) is 0.466. The second-order valence-electron chi connectivity index (χ2n) is 6.76. The molecule has 0 aliphatic rings. The molecule has 0 aliphatic carbocycles. The number of amides is 1. The molecule has 174 valence electrons. The minimum Gasteiger partial charge on any atom is -0.497 e. The normalized spacial score (nSPS) is 11.7. The lowest BCUT2D eigenvalue weighted by Gasteiger charge is -2.14. The summed E-state index contributed by atoms with van der Waals surface area (Å²) in [6.45, 7) is 3.84. The Hall–Kier alpha value is -2.75. The SMILES string of the molecule is CCOC(=O)[C@@H](C)Sc1nnc(CNC(=O)c2ccc(OC)cc2)n1-c1ccc(Cl)c(Cl)c1. The number of nitrogens with zero attached hydrogens (tertiary/aromatic N) is 3. The molecule has 3 aromatic rings. The Balaban J connectivity index is 1.86. The van der Waals surface area contributed by atoms with Crippen molar-refractivity contribution in [1.29, 1.82) is 0 Å². The summed E-state index contributed by atoms with van der Waals surface area (Å²) in [5.41, 5.74) is 1.11. The fourth-order valence-corrected chi connectivity index (χ4v) is 4.02. The van der Waals surface area contributed by atoms with Gasteiger partial charge >= 0.3 is 5.97 Å². The summed E-state index contributed by atoms with van der Waals surface area (Å²) in [4.78, 5) is 24.7. The summed E-state index contributed by atoms with van der Waals surface area (Å²) in [6.07, 6.45) is 0. The van der Waals surface area contributed by atoms with Crippen LogP contribution >= 0.6 is 35.0 Å². The first-order valence-corrected chi connectivity index (χ1v) is 11.6. The van der Waals surface area contributed by atoms with Gasteiger partial charge < -0.3 is 14.8 Å². The smallest absolute Gasteiger partial charge is 0.319 e. The monoisotopic (exact) mass is 508 g/mol. The van der Waals surface area contributed by atoms with Crippen molar-refractivity contribution in [3.05, 3.63) is 63.9 Å². The van der Waals surface area contributed by atoms with E-state index in [1.807, 2.05) is 0 Å². The summed E-state index contributed by atoms with van der Waals surface area (Å²) >= 11 is 13.5. The van der Waals surface area contributed by atoms with Gasteiger partial charge in [0.05, 0.1) is 36.0 Å². The maximum atomic E-state index is 12.6. The van der Waals surface area contributed by atoms with Gasteiger partial charge in [-0.2, -0.15) is 0 Å². The Morgan fingerprint density at radius 3 is 2.48 bits per heavy atom. The highest BCUT2D eigenvalue weighted by Gasteiger charge is 2.22. The number of carbonyl (C=O) groups is 2. The van der Waals surface area contributed by atoms with Gasteiger partial charge in [0.2, 0.25) is 0 Å². The zero-order valence-corrected chi connectivity index (χ0v) is 20.5. The first-order chi connectivity index (χ1) is 15.8. The lowest BCUT2D eigenvalue weighted by molar-refractivity contribution is -0.142. The standard InChI is InChI=1S/C22H22Cl2N4O4S/c1-4-32-21(30)13(2)33-22-27-26-19(28(22)15-7-10-17(23)18(24)11-15)12-25-20(29)14-5-8-16(31-3)9-6-14/h5-11,13H,4,12H2,1-3H3,(H,25,29)/t13-/m1/s1. The number of halogens is 2. The van der Waals surface area contributed by atoms with Crippen molar-refractivity contribution in [2.45, 2.75) is 30.8 Å². The quantitative estimate of drug-likeness (QED) is 0.334. The number of aromatic nitrogens is 3. The molecular weight excluding hydrogens is 487 g/mol. The minimum atomic E-state index is -0.516. The van der Waals surface area contributed by atoms with Crippen LogP contribution in [0.4, 0.5) is 0 Å². The van der Waals surface area contributed by atoms with Gasteiger partial charge in [0.25, 0.3) is 5.91 Å². The number of hydrogen-bond donors (Lipinski definition) is 1. The van der Waals surface area contributed by atoms with E-state index >= 15 is 0 Å². The van der Waals surface area contributed by atoms with Gasteiger partial charge in [-0.3, -0.25) is 14.2 Å². The van der Waals surface area contributed by atoms with Crippen LogP contribution in [0.1, 0.15) is 30.0 Å². The first-order valence-electron chi connectivity index (χ1n) is 9.99. The number of rotatable bonds is 9. The van der Waals surface area contributed by atoms with Crippen LogP contribution in [0, 0.1) is 0 Å². The number of ether oxygens (including phenoxy) is 2. The first kappa shape index (κ1) is 24.9. The average Bonchev–Trinajstić information content (AvgIpc) is 3.21. The molecule has 0 aliphatic heterocycles. The maximum Gasteiger partial charge on any atom is 0.319 e. The zero-order chi connectivity index (χ0) is 24.0. The topological polar surface area (TPSA) is 95.3 Å². The lowest BCUT2D eigenvalue weighted by atomic mass is 10.2. The number of nitrogens with one attached hydrogen (secondary N) is 1. The molecule has 1 atom stereocenters. The van der Waals surface area contributed by atoms with Crippen molar-refractivity contribution in [2.24, 2.45) is 0 Å². The number of hydrogen-bond acceptors (Lipinski definition) is 7. The highest BCUT2D eigenvalue weighted by atomic mass is 35.5. The van der Waals surface area contributed by atoms with E-state index in [-0.39, 0.29) is 25.0 Å². The van der Waals surface area contributed by atoms with Crippen molar-refractivity contribution < 1.29 is 19.1 Å². The summed E-state index contributed by atoms with van der Waals surface area (Å²) in [7, 11) is 1.56. The number of thioether (sulfide) groups is 1. The van der Waals surface area contributed by atoms with Crippen molar-refractivity contribution in [2.75, 3.05) is 13.7 Å². The van der Waals surface area contributed by atoms with E-state index in [9.17, 15) is 9.59 Å². The largest absolute Gasteiger partial charge is 0.497 e. The van der Waals surface area contributed by atoms with Crippen LogP contribution in [0.15, 0.2) is 47.6 Å². The number of carbonyl (C=O) groups excluding carboxylic acids is 2. The Morgan fingerprint density at radius 2 is 1.85 bits per heavy atom. The van der Waals surface area contributed by atoms with Crippen LogP contribution in [-0.4, -0.2) is 45.6 Å². The number of benzene rings is 2. The molecule has 0 fully saturated rings. The third-order valence-electron chi connectivity index (χ3n) is 4.52. The van der Waals surface area contributed by atoms with Crippen LogP contribution in [-0.2, 0) is 16.1 Å². The van der Waals surface area contributed by atoms with Gasteiger partial charge in [-0.15, -0.1) is 10.2 Å². The van der Waals surface area contributed by atoms with Gasteiger partial charge in [-0.25, -0.2) is 0 Å². The Morgan fingerprint density at radius 1 is 1.12 bits per heavy atom. The van der Waals surface area contributed by atoms with E-state index in [2.05, 4.69) is 15.5 Å². The number of esters is 1. The van der Waals surface area contributed by atoms with Gasteiger partial charge in [-0.05, 0) is 56.3 Å². The fourth-order valence-electron chi connectivity index (χ4n) is 2.84. The van der Waals surface area contributed by atoms with Crippen LogP contribution in [0.2, 0.25) is 10.0 Å². The van der Waals surface area contributed by atoms with Crippen molar-refractivity contribution in [3.63, 3.8) is 0 Å². The molecule has 3 rings (SSSR count). The minimum absolute atomic E-state index is 0.0897. The molecule has 0 radical (unpaired) electrons. The molecule has 33 heavy (non-hydrogen) atoms. The zero-order valence-electron chi connectivity index (χ0n) is 18.2. The van der Waals surface area contributed by atoms with Crippen LogP contribution in [0.3, 0.4) is 0 Å². The third-order valence-corrected chi connectivity index (χ3v) is 6.28. The van der Waals surface area contributed by atoms with E-state index in [1.165, 1.54) is 11.8 Å². The highest BCUT2D eigenvalue weighted by molar-refractivity contribution is 8.00. The van der Waals surface area contributed by atoms with Crippen LogP contribution < -0.4 is 10.1 Å². The fraction of sp³-hybridized carbons (Fsp3) is 0.273. The van der Waals surface area contributed by atoms with E-state index < -0.39 is 5.25 Å². The van der Waals surface area contributed by atoms with Crippen molar-refractivity contribution in [1.82, 2.24) is 20.1 Å². The molecule has 0 bridgehead atoms. The lowest BCUT2D eigenvalue weighted by Crippen LogP contribution is -2.24. The number of methoxy groups -OCH3 is 1. The predicted molar refractivity (Wildman–Crippen MR) is 127 cm³/mol. The summed E-state index contributed by atoms with van der Waals surface area (Å²) < 4.78 is 11.9. The van der Waals surface area contributed by atoms with Gasteiger partial charge in [0, 0.05) is 5.56 Å². The van der Waals surface area contributed by atoms with Crippen LogP contribution in [0.25, 0.3) is 5.69 Å². The second-order valence-corrected chi connectivity index (χ2v) is 8.88. The molecule has 1 aromatic heterocycles. The average molecular weight is 509 g/mol. The third kappa shape index (κ3) is 6.19. The molecule has 1 heterocycles. The molecule has 8 nitrogen and oxygen atoms in total. The van der Waals surface area contributed by atoms with E-state index in [0.29, 0.717) is 38.0 Å². The molecule has 0 saturated heterocycles. The van der Waals surface area contributed by atoms with Crippen molar-refractivity contribution in [3.8, 4) is 11.4 Å². The van der Waals surface area contributed by atoms with Gasteiger partial charge in [0.15, 0.2) is 11.0 Å². The Labute approximate surface area is 205 Å². The molecule has 1 N–H and O–H groups in total. The molecular formula is C22H22Cl2N4O4S. The Kier molecular flexibility index (Phi) is 8.60. The van der Waals surface area contributed by atoms with E-state index in [1.54, 1.807) is 68.0 Å². The predicted octanol–water partition coefficient (Wildman–Crippen LogP) is 4.56. The molecule has 0 unspecified atom stereocenters. The van der Waals surface area contributed by atoms with Crippen LogP contribution in [0.5, 0.6) is 5.75 Å². The Bertz CT molecular complexity index is 1140. The molecule has 0 saturated carbocycles. The summed E-state index contributed by atoms with van der Waals surface area (Å²) in [5, 5.41) is 12.0. The molecule has 11 heteroatoms.